The van der Waals surface area contributed by atoms with E-state index in [1.165, 1.54) is 6.42 Å². The van der Waals surface area contributed by atoms with Crippen LogP contribution < -0.4 is 0 Å². The van der Waals surface area contributed by atoms with Gasteiger partial charge in [0.15, 0.2) is 0 Å². The second kappa shape index (κ2) is 5.44. The van der Waals surface area contributed by atoms with Crippen LogP contribution in [-0.4, -0.2) is 5.78 Å². The molecule has 0 atom stereocenters. The fourth-order valence-electron chi connectivity index (χ4n) is 3.17. The van der Waals surface area contributed by atoms with E-state index in [0.717, 1.165) is 36.3 Å². The molecule has 0 radical (unpaired) electrons. The summed E-state index contributed by atoms with van der Waals surface area (Å²) in [6.45, 7) is 4.01. The van der Waals surface area contributed by atoms with Gasteiger partial charge in [-0.1, -0.05) is 56.8 Å². The van der Waals surface area contributed by atoms with E-state index in [1.54, 1.807) is 0 Å². The maximum Gasteiger partial charge on any atom is 0.145 e. The summed E-state index contributed by atoms with van der Waals surface area (Å²) in [7, 11) is 0. The Morgan fingerprint density at radius 3 is 2.44 bits per heavy atom. The Kier molecular flexibility index (Phi) is 4.11. The highest BCUT2D eigenvalue weighted by molar-refractivity contribution is 6.30. The maximum absolute atomic E-state index is 12.7. The van der Waals surface area contributed by atoms with E-state index >= 15 is 0 Å². The Hall–Kier alpha value is -0.820. The van der Waals surface area contributed by atoms with Gasteiger partial charge >= 0.3 is 0 Å². The summed E-state index contributed by atoms with van der Waals surface area (Å²) >= 11 is 6.10. The van der Waals surface area contributed by atoms with Gasteiger partial charge in [-0.3, -0.25) is 4.79 Å². The molecule has 98 valence electrons. The van der Waals surface area contributed by atoms with Crippen LogP contribution in [0.1, 0.15) is 51.5 Å². The lowest BCUT2D eigenvalue weighted by Crippen LogP contribution is -2.40. The van der Waals surface area contributed by atoms with Crippen molar-refractivity contribution in [1.82, 2.24) is 0 Å². The molecule has 1 saturated carbocycles. The van der Waals surface area contributed by atoms with E-state index in [2.05, 4.69) is 6.07 Å². The van der Waals surface area contributed by atoms with Crippen molar-refractivity contribution in [2.24, 2.45) is 5.92 Å². The lowest BCUT2D eigenvalue weighted by Gasteiger charge is -2.38. The Balaban J connectivity index is 2.44. The molecule has 0 saturated heterocycles. The first-order valence-corrected chi connectivity index (χ1v) is 7.24. The SMILES string of the molecule is CC(C)C(=O)C1(c2cccc(Cl)c2)CCCCC1. The molecular weight excluding hydrogens is 244 g/mol. The average Bonchev–Trinajstić information content (AvgIpc) is 2.38. The minimum Gasteiger partial charge on any atom is -0.298 e. The number of benzene rings is 1. The first kappa shape index (κ1) is 13.6. The Labute approximate surface area is 115 Å². The number of ketones is 1. The van der Waals surface area contributed by atoms with Crippen LogP contribution in [0.3, 0.4) is 0 Å². The third kappa shape index (κ3) is 2.47. The molecule has 1 aromatic rings. The van der Waals surface area contributed by atoms with E-state index in [0.29, 0.717) is 5.78 Å². The van der Waals surface area contributed by atoms with Crippen molar-refractivity contribution in [1.29, 1.82) is 0 Å². The van der Waals surface area contributed by atoms with Crippen molar-refractivity contribution in [2.45, 2.75) is 51.4 Å². The predicted molar refractivity (Wildman–Crippen MR) is 76.1 cm³/mol. The minimum absolute atomic E-state index is 0.0853. The monoisotopic (exact) mass is 264 g/mol. The fraction of sp³-hybridized carbons (Fsp3) is 0.562. The molecule has 0 spiro atoms. The maximum atomic E-state index is 12.7. The summed E-state index contributed by atoms with van der Waals surface area (Å²) in [5, 5.41) is 0.731. The number of halogens is 1. The first-order chi connectivity index (χ1) is 8.56. The van der Waals surface area contributed by atoms with Gasteiger partial charge in [-0.15, -0.1) is 0 Å². The molecule has 18 heavy (non-hydrogen) atoms. The van der Waals surface area contributed by atoms with Gasteiger partial charge in [-0.05, 0) is 30.5 Å². The molecule has 1 fully saturated rings. The summed E-state index contributed by atoms with van der Waals surface area (Å²) in [5.41, 5.74) is 0.838. The predicted octanol–water partition coefficient (Wildman–Crippen LogP) is 4.77. The van der Waals surface area contributed by atoms with Crippen molar-refractivity contribution in [3.8, 4) is 0 Å². The molecule has 1 nitrogen and oxygen atoms in total. The van der Waals surface area contributed by atoms with Crippen LogP contribution >= 0.6 is 11.6 Å². The number of rotatable bonds is 3. The zero-order valence-corrected chi connectivity index (χ0v) is 12.0. The van der Waals surface area contributed by atoms with Gasteiger partial charge in [0.05, 0.1) is 5.41 Å². The van der Waals surface area contributed by atoms with Crippen LogP contribution in [0.15, 0.2) is 24.3 Å². The fourth-order valence-corrected chi connectivity index (χ4v) is 3.36. The summed E-state index contributed by atoms with van der Waals surface area (Å²) in [4.78, 5) is 12.7. The van der Waals surface area contributed by atoms with E-state index in [-0.39, 0.29) is 11.3 Å². The van der Waals surface area contributed by atoms with Crippen molar-refractivity contribution < 1.29 is 4.79 Å². The smallest absolute Gasteiger partial charge is 0.145 e. The molecular formula is C16H21ClO. The summed E-state index contributed by atoms with van der Waals surface area (Å²) in [6.07, 6.45) is 5.48. The topological polar surface area (TPSA) is 17.1 Å². The van der Waals surface area contributed by atoms with E-state index < -0.39 is 0 Å². The number of hydrogen-bond donors (Lipinski definition) is 0. The van der Waals surface area contributed by atoms with Gasteiger partial charge in [0.25, 0.3) is 0 Å². The number of hydrogen-bond acceptors (Lipinski definition) is 1. The zero-order valence-electron chi connectivity index (χ0n) is 11.2. The van der Waals surface area contributed by atoms with Gasteiger partial charge in [0, 0.05) is 10.9 Å². The van der Waals surface area contributed by atoms with Crippen LogP contribution in [0, 0.1) is 5.92 Å². The Bertz CT molecular complexity index is 430. The van der Waals surface area contributed by atoms with E-state index in [4.69, 9.17) is 11.6 Å². The molecule has 1 aliphatic carbocycles. The quantitative estimate of drug-likeness (QED) is 0.769. The van der Waals surface area contributed by atoms with Gasteiger partial charge in [0.1, 0.15) is 5.78 Å². The molecule has 1 aromatic carbocycles. The van der Waals surface area contributed by atoms with Crippen LogP contribution in [0.5, 0.6) is 0 Å². The van der Waals surface area contributed by atoms with Crippen molar-refractivity contribution >= 4 is 17.4 Å². The van der Waals surface area contributed by atoms with Gasteiger partial charge in [-0.2, -0.15) is 0 Å². The third-order valence-electron chi connectivity index (χ3n) is 4.08. The average molecular weight is 265 g/mol. The van der Waals surface area contributed by atoms with E-state index in [9.17, 15) is 4.79 Å². The molecule has 0 unspecified atom stereocenters. The molecule has 0 heterocycles. The zero-order chi connectivity index (χ0) is 13.2. The molecule has 1 aliphatic rings. The lowest BCUT2D eigenvalue weighted by molar-refractivity contribution is -0.128. The highest BCUT2D eigenvalue weighted by Crippen LogP contribution is 2.42. The highest BCUT2D eigenvalue weighted by Gasteiger charge is 2.41. The number of Topliss-reactive ketones (excluding diaryl/α,β-unsaturated/α-hetero) is 1. The van der Waals surface area contributed by atoms with Crippen LogP contribution in [-0.2, 0) is 10.2 Å². The normalized spacial score (nSPS) is 18.9. The second-order valence-electron chi connectivity index (χ2n) is 5.67. The molecule has 0 amide bonds. The van der Waals surface area contributed by atoms with Gasteiger partial charge in [0.2, 0.25) is 0 Å². The van der Waals surface area contributed by atoms with Crippen molar-refractivity contribution in [3.63, 3.8) is 0 Å². The molecule has 0 aromatic heterocycles. The second-order valence-corrected chi connectivity index (χ2v) is 6.11. The standard InChI is InChI=1S/C16H21ClO/c1-12(2)15(18)16(9-4-3-5-10-16)13-7-6-8-14(17)11-13/h6-8,11-12H,3-5,9-10H2,1-2H3. The van der Waals surface area contributed by atoms with Gasteiger partial charge < -0.3 is 0 Å². The van der Waals surface area contributed by atoms with Crippen molar-refractivity contribution in [3.05, 3.63) is 34.9 Å². The largest absolute Gasteiger partial charge is 0.298 e. The Morgan fingerprint density at radius 2 is 1.89 bits per heavy atom. The molecule has 2 rings (SSSR count). The minimum atomic E-state index is -0.280. The summed E-state index contributed by atoms with van der Waals surface area (Å²) < 4.78 is 0. The molecule has 0 aliphatic heterocycles. The molecule has 0 bridgehead atoms. The first-order valence-electron chi connectivity index (χ1n) is 6.86. The van der Waals surface area contributed by atoms with E-state index in [1.807, 2.05) is 32.0 Å². The number of carbonyl (C=O) groups is 1. The Morgan fingerprint density at radius 1 is 1.22 bits per heavy atom. The van der Waals surface area contributed by atoms with Crippen LogP contribution in [0.25, 0.3) is 0 Å². The van der Waals surface area contributed by atoms with Crippen molar-refractivity contribution in [2.75, 3.05) is 0 Å². The summed E-state index contributed by atoms with van der Waals surface area (Å²) in [6, 6.07) is 7.88. The van der Waals surface area contributed by atoms with Crippen LogP contribution in [0.4, 0.5) is 0 Å². The van der Waals surface area contributed by atoms with Gasteiger partial charge in [-0.25, -0.2) is 0 Å². The summed E-state index contributed by atoms with van der Waals surface area (Å²) in [5.74, 6) is 0.464. The van der Waals surface area contributed by atoms with Crippen LogP contribution in [0.2, 0.25) is 5.02 Å². The highest BCUT2D eigenvalue weighted by atomic mass is 35.5. The molecule has 2 heteroatoms. The lowest BCUT2D eigenvalue weighted by atomic mass is 9.64. The number of carbonyl (C=O) groups excluding carboxylic acids is 1. The third-order valence-corrected chi connectivity index (χ3v) is 4.32. The molecule has 0 N–H and O–H groups in total.